The Morgan fingerprint density at radius 3 is 1.53 bits per heavy atom. The van der Waals surface area contributed by atoms with Crippen molar-refractivity contribution in [3.05, 3.63) is 193 Å². The lowest BCUT2D eigenvalue weighted by atomic mass is 9.78. The van der Waals surface area contributed by atoms with Gasteiger partial charge in [0, 0.05) is 5.41 Å². The maximum atomic E-state index is 2.54. The third-order valence-electron chi connectivity index (χ3n) is 12.0. The van der Waals surface area contributed by atoms with Gasteiger partial charge >= 0.3 is 0 Å². The van der Waals surface area contributed by atoms with Crippen molar-refractivity contribution in [2.45, 2.75) is 19.3 Å². The first kappa shape index (κ1) is 30.2. The molecule has 0 bridgehead atoms. The van der Waals surface area contributed by atoms with Crippen LogP contribution in [0.4, 0.5) is 0 Å². The van der Waals surface area contributed by atoms with Gasteiger partial charge in [0.15, 0.2) is 0 Å². The van der Waals surface area contributed by atoms with E-state index in [1.165, 1.54) is 109 Å². The van der Waals surface area contributed by atoms with Crippen molar-refractivity contribution in [2.75, 3.05) is 0 Å². The van der Waals surface area contributed by atoms with E-state index < -0.39 is 0 Å². The number of rotatable bonds is 3. The fourth-order valence-electron chi connectivity index (χ4n) is 9.59. The lowest BCUT2D eigenvalue weighted by Crippen LogP contribution is -2.15. The van der Waals surface area contributed by atoms with Crippen LogP contribution < -0.4 is 0 Å². The van der Waals surface area contributed by atoms with E-state index in [1.807, 2.05) is 0 Å². The van der Waals surface area contributed by atoms with Crippen molar-refractivity contribution >= 4 is 53.9 Å². The standard InChI is InChI=1S/C53H36/c1-53(2)48-27-15-14-26-44(48)52-40-23-11-10-22-39(40)47(32-49(52)53)51-42-25-13-12-24-41(42)50(43-29-28-34(30-46(43)51)33-16-4-3-5-17-33)45-31-35-18-6-7-19-36(35)37-20-8-9-21-38(37)45/h3-32H,1-2H3. The van der Waals surface area contributed by atoms with Gasteiger partial charge in [-0.1, -0.05) is 178 Å². The normalized spacial score (nSPS) is 13.2. The predicted molar refractivity (Wildman–Crippen MR) is 228 cm³/mol. The highest BCUT2D eigenvalue weighted by molar-refractivity contribution is 6.28. The molecule has 0 N–H and O–H groups in total. The van der Waals surface area contributed by atoms with Gasteiger partial charge in [-0.3, -0.25) is 0 Å². The zero-order chi connectivity index (χ0) is 35.3. The van der Waals surface area contributed by atoms with Gasteiger partial charge in [0.05, 0.1) is 0 Å². The number of hydrogen-bond donors (Lipinski definition) is 0. The van der Waals surface area contributed by atoms with E-state index in [9.17, 15) is 0 Å². The van der Waals surface area contributed by atoms with Crippen LogP contribution in [0.5, 0.6) is 0 Å². The van der Waals surface area contributed by atoms with Gasteiger partial charge in [-0.15, -0.1) is 0 Å². The molecule has 0 aromatic heterocycles. The molecule has 0 saturated carbocycles. The highest BCUT2D eigenvalue weighted by Crippen LogP contribution is 2.55. The smallest absolute Gasteiger partial charge is 0.0159 e. The molecular formula is C53H36. The molecule has 11 rings (SSSR count). The Morgan fingerprint density at radius 1 is 0.283 bits per heavy atom. The Bertz CT molecular complexity index is 3120. The maximum Gasteiger partial charge on any atom is 0.0159 e. The lowest BCUT2D eigenvalue weighted by molar-refractivity contribution is 0.661. The van der Waals surface area contributed by atoms with E-state index in [1.54, 1.807) is 0 Å². The summed E-state index contributed by atoms with van der Waals surface area (Å²) in [4.78, 5) is 0. The lowest BCUT2D eigenvalue weighted by Gasteiger charge is -2.25. The highest BCUT2D eigenvalue weighted by atomic mass is 14.4. The monoisotopic (exact) mass is 672 g/mol. The summed E-state index contributed by atoms with van der Waals surface area (Å²) < 4.78 is 0. The van der Waals surface area contributed by atoms with E-state index in [-0.39, 0.29) is 5.41 Å². The quantitative estimate of drug-likeness (QED) is 0.129. The van der Waals surface area contributed by atoms with Crippen molar-refractivity contribution < 1.29 is 0 Å². The molecule has 1 aliphatic carbocycles. The third-order valence-corrected chi connectivity index (χ3v) is 12.0. The molecule has 10 aromatic rings. The van der Waals surface area contributed by atoms with Crippen molar-refractivity contribution in [3.8, 4) is 44.5 Å². The Hall–Kier alpha value is -6.50. The van der Waals surface area contributed by atoms with E-state index in [0.29, 0.717) is 0 Å². The number of hydrogen-bond acceptors (Lipinski definition) is 0. The number of fused-ring (bicyclic) bond motifs is 10. The van der Waals surface area contributed by atoms with Crippen LogP contribution in [-0.2, 0) is 5.41 Å². The van der Waals surface area contributed by atoms with Crippen molar-refractivity contribution in [1.82, 2.24) is 0 Å². The summed E-state index contributed by atoms with van der Waals surface area (Å²) in [6, 6.07) is 68.0. The first-order valence-corrected chi connectivity index (χ1v) is 18.7. The molecule has 0 heterocycles. The molecule has 0 radical (unpaired) electrons. The Balaban J connectivity index is 1.33. The molecule has 0 nitrogen and oxygen atoms in total. The second-order valence-electron chi connectivity index (χ2n) is 15.2. The van der Waals surface area contributed by atoms with Gasteiger partial charge in [-0.05, 0) is 128 Å². The maximum absolute atomic E-state index is 2.54. The highest BCUT2D eigenvalue weighted by Gasteiger charge is 2.37. The summed E-state index contributed by atoms with van der Waals surface area (Å²) in [6.07, 6.45) is 0. The van der Waals surface area contributed by atoms with Gasteiger partial charge in [0.1, 0.15) is 0 Å². The van der Waals surface area contributed by atoms with E-state index in [4.69, 9.17) is 0 Å². The predicted octanol–water partition coefficient (Wildman–Crippen LogP) is 14.8. The Kier molecular flexibility index (Phi) is 6.40. The van der Waals surface area contributed by atoms with Crippen LogP contribution in [0.25, 0.3) is 98.4 Å². The molecule has 0 atom stereocenters. The summed E-state index contributed by atoms with van der Waals surface area (Å²) in [5, 5.41) is 12.8. The summed E-state index contributed by atoms with van der Waals surface area (Å²) in [7, 11) is 0. The van der Waals surface area contributed by atoms with Gasteiger partial charge < -0.3 is 0 Å². The summed E-state index contributed by atoms with van der Waals surface area (Å²) >= 11 is 0. The molecule has 0 saturated heterocycles. The summed E-state index contributed by atoms with van der Waals surface area (Å²) in [5.74, 6) is 0. The second-order valence-corrected chi connectivity index (χ2v) is 15.2. The van der Waals surface area contributed by atoms with Crippen LogP contribution in [-0.4, -0.2) is 0 Å². The zero-order valence-corrected chi connectivity index (χ0v) is 29.8. The molecule has 0 amide bonds. The van der Waals surface area contributed by atoms with Crippen molar-refractivity contribution in [2.24, 2.45) is 0 Å². The molecule has 0 fully saturated rings. The molecule has 0 aliphatic heterocycles. The van der Waals surface area contributed by atoms with Crippen molar-refractivity contribution in [3.63, 3.8) is 0 Å². The van der Waals surface area contributed by atoms with Crippen LogP contribution in [0.1, 0.15) is 25.0 Å². The fraction of sp³-hybridized carbons (Fsp3) is 0.0566. The third kappa shape index (κ3) is 4.30. The van der Waals surface area contributed by atoms with Crippen LogP contribution in [0.2, 0.25) is 0 Å². The van der Waals surface area contributed by atoms with E-state index >= 15 is 0 Å². The molecule has 0 unspecified atom stereocenters. The summed E-state index contributed by atoms with van der Waals surface area (Å²) in [6.45, 7) is 4.79. The Labute approximate surface area is 309 Å². The van der Waals surface area contributed by atoms with E-state index in [0.717, 1.165) is 0 Å². The number of benzene rings is 10. The minimum atomic E-state index is -0.129. The molecule has 53 heavy (non-hydrogen) atoms. The minimum absolute atomic E-state index is 0.129. The van der Waals surface area contributed by atoms with Gasteiger partial charge in [-0.25, -0.2) is 0 Å². The van der Waals surface area contributed by atoms with Crippen LogP contribution >= 0.6 is 0 Å². The molecule has 1 aliphatic rings. The van der Waals surface area contributed by atoms with E-state index in [2.05, 4.69) is 196 Å². The van der Waals surface area contributed by atoms with Crippen molar-refractivity contribution in [1.29, 1.82) is 0 Å². The van der Waals surface area contributed by atoms with Crippen LogP contribution in [0.3, 0.4) is 0 Å². The molecule has 248 valence electrons. The van der Waals surface area contributed by atoms with Gasteiger partial charge in [-0.2, -0.15) is 0 Å². The zero-order valence-electron chi connectivity index (χ0n) is 29.8. The molecule has 0 heteroatoms. The largest absolute Gasteiger partial charge is 0.0622 e. The SMILES string of the molecule is CC1(C)c2ccccc2-c2c1cc(-c1c3ccccc3c(-c3cc4ccccc4c4ccccc34)c3ccc(-c4ccccc4)cc13)c1ccccc21. The van der Waals surface area contributed by atoms with Gasteiger partial charge in [0.2, 0.25) is 0 Å². The second kappa shape index (κ2) is 11.2. The topological polar surface area (TPSA) is 0 Å². The van der Waals surface area contributed by atoms with Crippen LogP contribution in [0.15, 0.2) is 182 Å². The first-order chi connectivity index (χ1) is 26.1. The fourth-order valence-corrected chi connectivity index (χ4v) is 9.59. The van der Waals surface area contributed by atoms with Crippen LogP contribution in [0, 0.1) is 0 Å². The molecule has 0 spiro atoms. The Morgan fingerprint density at radius 2 is 0.792 bits per heavy atom. The average molecular weight is 673 g/mol. The molecule has 10 aromatic carbocycles. The van der Waals surface area contributed by atoms with Gasteiger partial charge in [0.25, 0.3) is 0 Å². The first-order valence-electron chi connectivity index (χ1n) is 18.7. The summed E-state index contributed by atoms with van der Waals surface area (Å²) in [5.41, 5.74) is 13.0. The minimum Gasteiger partial charge on any atom is -0.0622 e. The average Bonchev–Trinajstić information content (AvgIpc) is 3.45. The molecular weight excluding hydrogens is 637 g/mol.